The molecule has 0 spiro atoms. The lowest BCUT2D eigenvalue weighted by Gasteiger charge is -2.34. The van der Waals surface area contributed by atoms with E-state index < -0.39 is 16.6 Å². The van der Waals surface area contributed by atoms with Crippen molar-refractivity contribution >= 4 is 28.7 Å². The lowest BCUT2D eigenvalue weighted by atomic mass is 10.3. The molecule has 2 N–H and O–H groups in total. The zero-order valence-electron chi connectivity index (χ0n) is 20.0. The Bertz CT molecular complexity index is 481. The van der Waals surface area contributed by atoms with E-state index in [0.717, 1.165) is 38.1 Å². The van der Waals surface area contributed by atoms with E-state index in [9.17, 15) is 9.59 Å². The Morgan fingerprint density at radius 1 is 0.733 bits per heavy atom. The molecule has 4 amide bonds. The van der Waals surface area contributed by atoms with Gasteiger partial charge in [0.2, 0.25) is 0 Å². The SMILES string of the molecule is CCO[Si](C)(C)CCCNC(=O)N1CCN(C(=O)NCCC[Si](C)(C)OCC)CC1. The summed E-state index contributed by atoms with van der Waals surface area (Å²) in [5.41, 5.74) is 0. The third-order valence-electron chi connectivity index (χ3n) is 5.39. The van der Waals surface area contributed by atoms with Crippen molar-refractivity contribution in [2.75, 3.05) is 52.5 Å². The van der Waals surface area contributed by atoms with E-state index in [1.807, 2.05) is 13.8 Å². The van der Waals surface area contributed by atoms with Crippen LogP contribution in [0.4, 0.5) is 9.59 Å². The molecule has 0 aromatic rings. The normalized spacial score (nSPS) is 15.3. The fourth-order valence-corrected chi connectivity index (χ4v) is 7.59. The van der Waals surface area contributed by atoms with Crippen molar-refractivity contribution in [3.8, 4) is 0 Å². The number of hydrogen-bond acceptors (Lipinski definition) is 4. The fourth-order valence-electron chi connectivity index (χ4n) is 3.68. The highest BCUT2D eigenvalue weighted by molar-refractivity contribution is 6.71. The third-order valence-corrected chi connectivity index (χ3v) is 10.6. The van der Waals surface area contributed by atoms with Crippen LogP contribution in [0.15, 0.2) is 0 Å². The molecule has 1 saturated heterocycles. The highest BCUT2D eigenvalue weighted by Gasteiger charge is 2.25. The number of nitrogens with zero attached hydrogens (tertiary/aromatic N) is 2. The smallest absolute Gasteiger partial charge is 0.317 e. The maximum atomic E-state index is 12.4. The number of urea groups is 2. The highest BCUT2D eigenvalue weighted by atomic mass is 28.4. The molecule has 0 unspecified atom stereocenters. The largest absolute Gasteiger partial charge is 0.418 e. The van der Waals surface area contributed by atoms with Crippen LogP contribution in [0.1, 0.15) is 26.7 Å². The lowest BCUT2D eigenvalue weighted by molar-refractivity contribution is 0.143. The Balaban J connectivity index is 2.19. The van der Waals surface area contributed by atoms with Crippen LogP contribution >= 0.6 is 0 Å². The molecule has 1 heterocycles. The van der Waals surface area contributed by atoms with Gasteiger partial charge in [-0.2, -0.15) is 0 Å². The predicted molar refractivity (Wildman–Crippen MR) is 127 cm³/mol. The molecule has 0 bridgehead atoms. The average Bonchev–Trinajstić information content (AvgIpc) is 2.68. The summed E-state index contributed by atoms with van der Waals surface area (Å²) in [5, 5.41) is 6.01. The third kappa shape index (κ3) is 10.8. The molecular weight excluding hydrogens is 416 g/mol. The molecule has 0 radical (unpaired) electrons. The first-order chi connectivity index (χ1) is 14.1. The van der Waals surface area contributed by atoms with E-state index in [1.54, 1.807) is 9.80 Å². The van der Waals surface area contributed by atoms with Crippen molar-refractivity contribution in [2.45, 2.75) is 65.0 Å². The van der Waals surface area contributed by atoms with Gasteiger partial charge in [-0.15, -0.1) is 0 Å². The Kier molecular flexibility index (Phi) is 12.0. The molecule has 8 nitrogen and oxygen atoms in total. The van der Waals surface area contributed by atoms with Gasteiger partial charge in [-0.1, -0.05) is 0 Å². The van der Waals surface area contributed by atoms with Crippen molar-refractivity contribution < 1.29 is 18.4 Å². The van der Waals surface area contributed by atoms with Gasteiger partial charge in [-0.3, -0.25) is 0 Å². The van der Waals surface area contributed by atoms with E-state index in [2.05, 4.69) is 36.8 Å². The average molecular weight is 461 g/mol. The molecule has 176 valence electrons. The highest BCUT2D eigenvalue weighted by Crippen LogP contribution is 2.14. The second-order valence-electron chi connectivity index (χ2n) is 9.03. The molecule has 0 aromatic heterocycles. The van der Waals surface area contributed by atoms with Crippen LogP contribution in [0.2, 0.25) is 38.3 Å². The Hall–Kier alpha value is -1.11. The number of carbonyl (C=O) groups excluding carboxylic acids is 2. The predicted octanol–water partition coefficient (Wildman–Crippen LogP) is 3.29. The first-order valence-corrected chi connectivity index (χ1v) is 17.7. The minimum Gasteiger partial charge on any atom is -0.418 e. The van der Waals surface area contributed by atoms with Gasteiger partial charge in [0.1, 0.15) is 0 Å². The van der Waals surface area contributed by atoms with Crippen LogP contribution in [0.5, 0.6) is 0 Å². The minimum absolute atomic E-state index is 0.0333. The molecular formula is C20H44N4O4Si2. The van der Waals surface area contributed by atoms with Gasteiger partial charge >= 0.3 is 12.1 Å². The van der Waals surface area contributed by atoms with E-state index in [1.165, 1.54) is 0 Å². The van der Waals surface area contributed by atoms with Crippen molar-refractivity contribution in [3.05, 3.63) is 0 Å². The van der Waals surface area contributed by atoms with Crippen LogP contribution in [0.25, 0.3) is 0 Å². The first kappa shape index (κ1) is 26.9. The molecule has 0 atom stereocenters. The summed E-state index contributed by atoms with van der Waals surface area (Å²) < 4.78 is 11.6. The number of carbonyl (C=O) groups is 2. The summed E-state index contributed by atoms with van der Waals surface area (Å²) in [5.74, 6) is 0. The standard InChI is InChI=1S/C20H44N4O4Si2/c1-7-27-29(3,4)17-9-11-21-19(25)23-13-15-24(16-14-23)20(26)22-12-10-18-30(5,6)28-8-2/h7-18H2,1-6H3,(H,21,25)(H,22,26). The van der Waals surface area contributed by atoms with Gasteiger partial charge in [0.15, 0.2) is 16.6 Å². The van der Waals surface area contributed by atoms with Crippen LogP contribution in [-0.4, -0.2) is 91.0 Å². The van der Waals surface area contributed by atoms with Crippen molar-refractivity contribution in [3.63, 3.8) is 0 Å². The molecule has 1 rings (SSSR count). The second-order valence-corrected chi connectivity index (χ2v) is 17.6. The summed E-state index contributed by atoms with van der Waals surface area (Å²) >= 11 is 0. The monoisotopic (exact) mass is 460 g/mol. The zero-order chi connectivity index (χ0) is 22.6. The summed E-state index contributed by atoms with van der Waals surface area (Å²) in [4.78, 5) is 28.3. The molecule has 0 aromatic carbocycles. The molecule has 10 heteroatoms. The van der Waals surface area contributed by atoms with Gasteiger partial charge in [0.05, 0.1) is 0 Å². The van der Waals surface area contributed by atoms with Gasteiger partial charge in [0, 0.05) is 52.5 Å². The van der Waals surface area contributed by atoms with Crippen LogP contribution < -0.4 is 10.6 Å². The quantitative estimate of drug-likeness (QED) is 0.346. The zero-order valence-corrected chi connectivity index (χ0v) is 22.0. The molecule has 1 aliphatic heterocycles. The van der Waals surface area contributed by atoms with E-state index in [-0.39, 0.29) is 12.1 Å². The summed E-state index contributed by atoms with van der Waals surface area (Å²) in [7, 11) is -3.17. The number of amides is 4. The fraction of sp³-hybridized carbons (Fsp3) is 0.900. The Morgan fingerprint density at radius 2 is 1.07 bits per heavy atom. The number of rotatable bonds is 12. The summed E-state index contributed by atoms with van der Waals surface area (Å²) in [6, 6.07) is 2.02. The molecule has 0 aliphatic carbocycles. The van der Waals surface area contributed by atoms with Crippen LogP contribution in [0, 0.1) is 0 Å². The van der Waals surface area contributed by atoms with Gasteiger partial charge in [-0.05, 0) is 65.0 Å². The Labute approximate surface area is 185 Å². The number of nitrogens with one attached hydrogen (secondary N) is 2. The first-order valence-electron chi connectivity index (χ1n) is 11.4. The van der Waals surface area contributed by atoms with Gasteiger partial charge in [-0.25, -0.2) is 9.59 Å². The lowest BCUT2D eigenvalue weighted by Crippen LogP contribution is -2.55. The summed E-state index contributed by atoms with van der Waals surface area (Å²) in [6.45, 7) is 18.1. The van der Waals surface area contributed by atoms with Crippen molar-refractivity contribution in [1.29, 1.82) is 0 Å². The van der Waals surface area contributed by atoms with Crippen LogP contribution in [-0.2, 0) is 8.85 Å². The second kappa shape index (κ2) is 13.3. The summed E-state index contributed by atoms with van der Waals surface area (Å²) in [6.07, 6.45) is 1.88. The van der Waals surface area contributed by atoms with Gasteiger partial charge < -0.3 is 29.3 Å². The maximum Gasteiger partial charge on any atom is 0.317 e. The number of hydrogen-bond donors (Lipinski definition) is 2. The maximum absolute atomic E-state index is 12.4. The topological polar surface area (TPSA) is 83.1 Å². The Morgan fingerprint density at radius 3 is 1.37 bits per heavy atom. The molecule has 30 heavy (non-hydrogen) atoms. The van der Waals surface area contributed by atoms with E-state index >= 15 is 0 Å². The molecule has 1 aliphatic rings. The van der Waals surface area contributed by atoms with Crippen LogP contribution in [0.3, 0.4) is 0 Å². The van der Waals surface area contributed by atoms with Crippen molar-refractivity contribution in [2.24, 2.45) is 0 Å². The minimum atomic E-state index is -1.59. The molecule has 1 fully saturated rings. The molecule has 0 saturated carbocycles. The van der Waals surface area contributed by atoms with Gasteiger partial charge in [0.25, 0.3) is 0 Å². The van der Waals surface area contributed by atoms with Crippen molar-refractivity contribution in [1.82, 2.24) is 20.4 Å². The van der Waals surface area contributed by atoms with E-state index in [4.69, 9.17) is 8.85 Å². The van der Waals surface area contributed by atoms with E-state index in [0.29, 0.717) is 39.3 Å². The number of piperazine rings is 1.